The fourth-order valence-corrected chi connectivity index (χ4v) is 9.64. The Labute approximate surface area is 434 Å². The number of aliphatic hydroxyl groups is 2. The normalized spacial score (nSPS) is 17.7. The van der Waals surface area contributed by atoms with E-state index in [0.29, 0.717) is 25.7 Å². The number of benzene rings is 2. The van der Waals surface area contributed by atoms with Gasteiger partial charge in [0.2, 0.25) is 47.3 Å². The molecule has 11 N–H and O–H groups in total. The number of carboxylic acid groups (broad SMARTS) is 1. The summed E-state index contributed by atoms with van der Waals surface area (Å²) in [5, 5.41) is 44.2. The molecule has 23 heteroatoms. The van der Waals surface area contributed by atoms with E-state index in [-0.39, 0.29) is 63.5 Å². The lowest BCUT2D eigenvalue weighted by molar-refractivity contribution is -0.145. The van der Waals surface area contributed by atoms with Crippen molar-refractivity contribution in [2.75, 3.05) is 26.4 Å². The van der Waals surface area contributed by atoms with E-state index in [9.17, 15) is 68.1 Å². The number of carbonyl (C=O) groups excluding carboxylic acids is 10. The third-order valence-electron chi connectivity index (χ3n) is 13.6. The lowest BCUT2D eigenvalue weighted by Gasteiger charge is -2.32. The Hall–Kier alpha value is -7.27. The van der Waals surface area contributed by atoms with Crippen LogP contribution in [0.3, 0.4) is 0 Å². The number of carbonyl (C=O) groups is 11. The molecule has 5 rings (SSSR count). The second-order valence-electron chi connectivity index (χ2n) is 19.7. The van der Waals surface area contributed by atoms with Gasteiger partial charge >= 0.3 is 11.9 Å². The van der Waals surface area contributed by atoms with Gasteiger partial charge in [-0.05, 0) is 73.1 Å². The molecular weight excluding hydrogens is 977 g/mol. The molecule has 75 heavy (non-hydrogen) atoms. The number of Topliss-reactive ketones (excluding diaryl/α,β-unsaturated/α-hetero) is 1. The van der Waals surface area contributed by atoms with Crippen molar-refractivity contribution in [3.05, 3.63) is 59.7 Å². The van der Waals surface area contributed by atoms with Gasteiger partial charge < -0.3 is 62.6 Å². The highest BCUT2D eigenvalue weighted by Gasteiger charge is 2.41. The standard InChI is InChI=1S/C52H70N8O15/c1-28(2)22-38(52(73)74)56-48(69)39(25-61)58-47(68)37(20-21-42(53)64)55-51(72)45(30-12-5-4-6-13-30)59-49(70)40(26-62)57-46(67)29(3)54-50(71)41-23-31(63)24-60(41)43(65)18-11-19-44(66)75-27-36-34-16-9-7-14-32(34)33-15-8-10-17-35(33)36/h7-10,14-17,28-30,36-41,45,61-62H,4-6,11-13,18-27H2,1-3H3,(H2,53,64)(H,54,71)(H,55,72)(H,56,69)(H,57,67)(H,58,68)(H,59,70)(H,73,74)/t29-,37-,38-,39-,40-,41-,45-/m0/s1. The van der Waals surface area contributed by atoms with Crippen LogP contribution in [0.25, 0.3) is 11.1 Å². The van der Waals surface area contributed by atoms with Crippen LogP contribution in [0.5, 0.6) is 0 Å². The van der Waals surface area contributed by atoms with Crippen LogP contribution in [0.2, 0.25) is 0 Å². The Kier molecular flexibility index (Phi) is 21.8. The molecule has 0 aromatic heterocycles. The molecule has 0 spiro atoms. The maximum atomic E-state index is 14.1. The summed E-state index contributed by atoms with van der Waals surface area (Å²) in [6.45, 7) is 2.54. The number of aliphatic carboxylic acids is 1. The van der Waals surface area contributed by atoms with Crippen LogP contribution in [-0.2, 0) is 57.5 Å². The number of fused-ring (bicyclic) bond motifs is 3. The van der Waals surface area contributed by atoms with Crippen molar-refractivity contribution >= 4 is 65.0 Å². The Morgan fingerprint density at radius 2 is 1.23 bits per heavy atom. The summed E-state index contributed by atoms with van der Waals surface area (Å²) in [7, 11) is 0. The molecule has 408 valence electrons. The van der Waals surface area contributed by atoms with Crippen LogP contribution >= 0.6 is 0 Å². The highest BCUT2D eigenvalue weighted by Crippen LogP contribution is 2.44. The fourth-order valence-electron chi connectivity index (χ4n) is 9.64. The predicted octanol–water partition coefficient (Wildman–Crippen LogP) is -0.428. The first-order valence-electron chi connectivity index (χ1n) is 25.4. The number of esters is 1. The molecule has 2 aliphatic carbocycles. The number of ketones is 1. The molecule has 1 saturated heterocycles. The second-order valence-corrected chi connectivity index (χ2v) is 19.7. The number of hydrogen-bond donors (Lipinski definition) is 10. The predicted molar refractivity (Wildman–Crippen MR) is 267 cm³/mol. The number of aliphatic hydroxyl groups excluding tert-OH is 2. The van der Waals surface area contributed by atoms with Gasteiger partial charge in [0.25, 0.3) is 0 Å². The number of carboxylic acids is 1. The zero-order valence-electron chi connectivity index (χ0n) is 42.5. The summed E-state index contributed by atoms with van der Waals surface area (Å²) in [4.78, 5) is 145. The molecule has 23 nitrogen and oxygen atoms in total. The van der Waals surface area contributed by atoms with Gasteiger partial charge in [0.05, 0.1) is 19.8 Å². The highest BCUT2D eigenvalue weighted by atomic mass is 16.5. The number of nitrogens with two attached hydrogens (primary N) is 1. The first-order chi connectivity index (χ1) is 35.7. The van der Waals surface area contributed by atoms with E-state index in [0.717, 1.165) is 33.6 Å². The highest BCUT2D eigenvalue weighted by molar-refractivity contribution is 6.01. The van der Waals surface area contributed by atoms with Crippen molar-refractivity contribution in [3.8, 4) is 11.1 Å². The Bertz CT molecular complexity index is 2400. The van der Waals surface area contributed by atoms with Crippen molar-refractivity contribution in [1.29, 1.82) is 0 Å². The zero-order chi connectivity index (χ0) is 54.9. The van der Waals surface area contributed by atoms with E-state index in [1.807, 2.05) is 48.5 Å². The monoisotopic (exact) mass is 1050 g/mol. The van der Waals surface area contributed by atoms with Crippen LogP contribution in [0, 0.1) is 11.8 Å². The minimum Gasteiger partial charge on any atom is -0.480 e. The summed E-state index contributed by atoms with van der Waals surface area (Å²) in [6.07, 6.45) is 1.78. The summed E-state index contributed by atoms with van der Waals surface area (Å²) >= 11 is 0. The zero-order valence-corrected chi connectivity index (χ0v) is 42.5. The summed E-state index contributed by atoms with van der Waals surface area (Å²) in [5.74, 6) is -10.3. The molecule has 1 saturated carbocycles. The number of ether oxygens (including phenoxy) is 1. The lowest BCUT2D eigenvalue weighted by Crippen LogP contribution is -2.61. The maximum Gasteiger partial charge on any atom is 0.326 e. The van der Waals surface area contributed by atoms with Gasteiger partial charge in [-0.1, -0.05) is 81.6 Å². The summed E-state index contributed by atoms with van der Waals surface area (Å²) in [6, 6.07) is 5.51. The van der Waals surface area contributed by atoms with E-state index < -0.39 is 133 Å². The van der Waals surface area contributed by atoms with E-state index in [1.165, 1.54) is 6.92 Å². The Morgan fingerprint density at radius 3 is 1.80 bits per heavy atom. The number of nitrogens with zero attached hydrogens (tertiary/aromatic N) is 1. The quantitative estimate of drug-likeness (QED) is 0.0508. The van der Waals surface area contributed by atoms with Crippen molar-refractivity contribution in [1.82, 2.24) is 36.8 Å². The summed E-state index contributed by atoms with van der Waals surface area (Å²) in [5.41, 5.74) is 9.59. The molecule has 7 atom stereocenters. The molecule has 8 amide bonds. The average molecular weight is 1050 g/mol. The van der Waals surface area contributed by atoms with Crippen LogP contribution < -0.4 is 37.6 Å². The molecular formula is C52H70N8O15. The third-order valence-corrected chi connectivity index (χ3v) is 13.6. The number of primary amides is 1. The average Bonchev–Trinajstić information content (AvgIpc) is 3.94. The third kappa shape index (κ3) is 16.4. The summed E-state index contributed by atoms with van der Waals surface area (Å²) < 4.78 is 5.64. The molecule has 0 bridgehead atoms. The first kappa shape index (κ1) is 58.6. The van der Waals surface area contributed by atoms with Crippen LogP contribution in [0.1, 0.15) is 115 Å². The maximum absolute atomic E-state index is 14.1. The number of likely N-dealkylation sites (tertiary alicyclic amines) is 1. The van der Waals surface area contributed by atoms with Gasteiger partial charge in [0, 0.05) is 31.6 Å². The topological polar surface area (TPSA) is 359 Å². The number of hydrogen-bond acceptors (Lipinski definition) is 14. The second kappa shape index (κ2) is 27.9. The lowest BCUT2D eigenvalue weighted by atomic mass is 9.83. The minimum atomic E-state index is -1.68. The fraction of sp³-hybridized carbons (Fsp3) is 0.558. The molecule has 0 unspecified atom stereocenters. The van der Waals surface area contributed by atoms with E-state index in [4.69, 9.17) is 10.5 Å². The van der Waals surface area contributed by atoms with Crippen LogP contribution in [0.4, 0.5) is 0 Å². The van der Waals surface area contributed by atoms with Crippen LogP contribution in [-0.4, -0.2) is 154 Å². The van der Waals surface area contributed by atoms with E-state index in [2.05, 4.69) is 31.9 Å². The van der Waals surface area contributed by atoms with E-state index >= 15 is 0 Å². The largest absolute Gasteiger partial charge is 0.480 e. The molecule has 0 radical (unpaired) electrons. The van der Waals surface area contributed by atoms with Gasteiger partial charge in [-0.25, -0.2) is 4.79 Å². The van der Waals surface area contributed by atoms with Crippen molar-refractivity contribution in [3.63, 3.8) is 0 Å². The van der Waals surface area contributed by atoms with E-state index in [1.54, 1.807) is 13.8 Å². The minimum absolute atomic E-state index is 0.0414. The van der Waals surface area contributed by atoms with Gasteiger partial charge in [-0.2, -0.15) is 0 Å². The van der Waals surface area contributed by atoms with Crippen molar-refractivity contribution in [2.24, 2.45) is 17.6 Å². The van der Waals surface area contributed by atoms with Gasteiger partial charge in [-0.3, -0.25) is 47.9 Å². The number of rotatable bonds is 27. The molecule has 1 heterocycles. The van der Waals surface area contributed by atoms with Gasteiger partial charge in [0.1, 0.15) is 48.9 Å². The molecule has 3 aliphatic rings. The first-order valence-corrected chi connectivity index (χ1v) is 25.4. The Balaban J connectivity index is 1.15. The number of amides is 8. The van der Waals surface area contributed by atoms with Crippen molar-refractivity contribution in [2.45, 2.75) is 146 Å². The van der Waals surface area contributed by atoms with Crippen molar-refractivity contribution < 1.29 is 72.8 Å². The number of nitrogens with one attached hydrogen (secondary N) is 6. The Morgan fingerprint density at radius 1 is 0.680 bits per heavy atom. The molecule has 2 fully saturated rings. The smallest absolute Gasteiger partial charge is 0.326 e. The van der Waals surface area contributed by atoms with Gasteiger partial charge in [-0.15, -0.1) is 0 Å². The molecule has 2 aromatic carbocycles. The van der Waals surface area contributed by atoms with Gasteiger partial charge in [0.15, 0.2) is 5.78 Å². The SMILES string of the molecule is CC(C)C[C@H](NC(=O)[C@H](CO)NC(=O)[C@H](CCC(N)=O)NC(=O)[C@@H](NC(=O)[C@H](CO)NC(=O)[C@H](C)NC(=O)[C@@H]1CC(=O)CN1C(=O)CCCC(=O)OCC1c2ccccc2-c2ccccc21)C1CCCCC1)C(=O)O. The molecule has 2 aromatic rings. The molecule has 1 aliphatic heterocycles. The van der Waals surface area contributed by atoms with Crippen LogP contribution in [0.15, 0.2) is 48.5 Å².